The van der Waals surface area contributed by atoms with Crippen molar-refractivity contribution in [2.75, 3.05) is 13.7 Å². The summed E-state index contributed by atoms with van der Waals surface area (Å²) in [4.78, 5) is 33.5. The molecule has 0 atom stereocenters. The van der Waals surface area contributed by atoms with Crippen molar-refractivity contribution in [1.82, 2.24) is 14.3 Å². The Bertz CT molecular complexity index is 969. The lowest BCUT2D eigenvalue weighted by molar-refractivity contribution is 0.0600. The molecule has 1 amide bonds. The molecule has 27 heavy (non-hydrogen) atoms. The van der Waals surface area contributed by atoms with Crippen molar-refractivity contribution in [3.63, 3.8) is 0 Å². The molecule has 0 bridgehead atoms. The van der Waals surface area contributed by atoms with E-state index in [4.69, 9.17) is 4.74 Å². The summed E-state index contributed by atoms with van der Waals surface area (Å²) in [6, 6.07) is 7.52. The summed E-state index contributed by atoms with van der Waals surface area (Å²) in [6.07, 6.45) is 0.698. The number of nitrogens with zero attached hydrogens (tertiary/aromatic N) is 4. The molecule has 0 aliphatic carbocycles. The zero-order valence-corrected chi connectivity index (χ0v) is 15.7. The fourth-order valence-corrected chi connectivity index (χ4v) is 1.86. The largest absolute Gasteiger partial charge is 0.465 e. The van der Waals surface area contributed by atoms with E-state index in [1.165, 1.54) is 14.2 Å². The second-order valence-corrected chi connectivity index (χ2v) is 5.45. The maximum absolute atomic E-state index is 11.5. The Morgan fingerprint density at radius 1 is 1.22 bits per heavy atom. The summed E-state index contributed by atoms with van der Waals surface area (Å²) in [5.41, 5.74) is -0.236. The van der Waals surface area contributed by atoms with Gasteiger partial charge < -0.3 is 9.47 Å². The minimum Gasteiger partial charge on any atom is -0.465 e. The Kier molecular flexibility index (Phi) is 8.59. The molecule has 0 saturated carbocycles. The average Bonchev–Trinajstić information content (AvgIpc) is 2.95. The van der Waals surface area contributed by atoms with Crippen LogP contribution < -0.4 is 10.4 Å². The standard InChI is InChI=1S/C8H8O2.C7H10N4O5S/c1-10-8(9)7-5-3-2-4-6-7;1-3-4-16-6-8-11(7(13)10(6)2)5(12)9-17(14)15/h2-6H,1H3;3-4H2,1-2H3. The number of esters is 1. The maximum atomic E-state index is 11.5. The molecule has 2 aromatic rings. The zero-order valence-electron chi connectivity index (χ0n) is 14.9. The fourth-order valence-electron chi connectivity index (χ4n) is 1.66. The fraction of sp³-hybridized carbons (Fsp3) is 0.333. The number of carbonyl (C=O) groups is 2. The average molecular weight is 398 g/mol. The first-order chi connectivity index (χ1) is 12.8. The highest BCUT2D eigenvalue weighted by molar-refractivity contribution is 7.62. The van der Waals surface area contributed by atoms with E-state index in [9.17, 15) is 22.8 Å². The summed E-state index contributed by atoms with van der Waals surface area (Å²) < 4.78 is 33.9. The molecule has 2 rings (SSSR count). The molecule has 1 aromatic heterocycles. The molecule has 0 saturated heterocycles. The Balaban J connectivity index is 0.000000309. The highest BCUT2D eigenvalue weighted by Crippen LogP contribution is 2.02. The van der Waals surface area contributed by atoms with Gasteiger partial charge in [-0.1, -0.05) is 29.5 Å². The zero-order chi connectivity index (χ0) is 20.4. The smallest absolute Gasteiger partial charge is 0.387 e. The molecule has 0 fully saturated rings. The lowest BCUT2D eigenvalue weighted by Crippen LogP contribution is -2.27. The molecular weight excluding hydrogens is 380 g/mol. The summed E-state index contributed by atoms with van der Waals surface area (Å²) in [6.45, 7) is 2.18. The van der Waals surface area contributed by atoms with Gasteiger partial charge in [-0.05, 0) is 18.6 Å². The van der Waals surface area contributed by atoms with E-state index in [1.807, 2.05) is 13.0 Å². The van der Waals surface area contributed by atoms with Crippen molar-refractivity contribution in [3.05, 3.63) is 46.4 Å². The van der Waals surface area contributed by atoms with Gasteiger partial charge in [-0.25, -0.2) is 19.0 Å². The van der Waals surface area contributed by atoms with Crippen molar-refractivity contribution < 1.29 is 27.5 Å². The van der Waals surface area contributed by atoms with Crippen LogP contribution in [0.5, 0.6) is 6.01 Å². The van der Waals surface area contributed by atoms with Crippen LogP contribution in [-0.4, -0.2) is 48.5 Å². The number of benzene rings is 1. The number of hydrogen-bond acceptors (Lipinski definition) is 8. The van der Waals surface area contributed by atoms with Crippen molar-refractivity contribution >= 4 is 22.5 Å². The van der Waals surface area contributed by atoms with E-state index < -0.39 is 22.2 Å². The van der Waals surface area contributed by atoms with E-state index in [0.29, 0.717) is 23.3 Å². The SMILES string of the molecule is CCCOc1nn(C(=O)N=S(=O)=O)c(=O)n1C.COC(=O)c1ccccc1. The van der Waals surface area contributed by atoms with Crippen LogP contribution in [0.15, 0.2) is 39.5 Å². The molecular formula is C15H18N4O7S. The lowest BCUT2D eigenvalue weighted by atomic mass is 10.2. The summed E-state index contributed by atoms with van der Waals surface area (Å²) >= 11 is 0. The molecule has 0 radical (unpaired) electrons. The maximum Gasteiger partial charge on any atom is 0.387 e. The summed E-state index contributed by atoms with van der Waals surface area (Å²) in [5, 5.41) is 3.53. The van der Waals surface area contributed by atoms with Gasteiger partial charge in [0.15, 0.2) is 0 Å². The molecule has 1 heterocycles. The van der Waals surface area contributed by atoms with E-state index >= 15 is 0 Å². The first-order valence-electron chi connectivity index (χ1n) is 7.59. The summed E-state index contributed by atoms with van der Waals surface area (Å²) in [5.74, 6) is -0.291. The van der Waals surface area contributed by atoms with Crippen molar-refractivity contribution in [1.29, 1.82) is 0 Å². The number of ether oxygens (including phenoxy) is 2. The molecule has 0 N–H and O–H groups in total. The van der Waals surface area contributed by atoms with Crippen LogP contribution in [0, 0.1) is 0 Å². The minimum absolute atomic E-state index is 0.0721. The second-order valence-electron chi connectivity index (χ2n) is 4.83. The van der Waals surface area contributed by atoms with Crippen molar-refractivity contribution in [2.24, 2.45) is 11.4 Å². The van der Waals surface area contributed by atoms with Crippen LogP contribution in [0.4, 0.5) is 4.79 Å². The first kappa shape index (κ1) is 21.8. The highest BCUT2D eigenvalue weighted by Gasteiger charge is 2.16. The van der Waals surface area contributed by atoms with Crippen LogP contribution in [0.1, 0.15) is 23.7 Å². The quantitative estimate of drug-likeness (QED) is 0.691. The predicted molar refractivity (Wildman–Crippen MR) is 93.2 cm³/mol. The number of rotatable bonds is 4. The van der Waals surface area contributed by atoms with E-state index in [0.717, 1.165) is 4.57 Å². The third-order valence-corrected chi connectivity index (χ3v) is 3.21. The van der Waals surface area contributed by atoms with Crippen molar-refractivity contribution in [3.8, 4) is 6.01 Å². The molecule has 1 aromatic carbocycles. The normalized spacial score (nSPS) is 9.59. The van der Waals surface area contributed by atoms with Gasteiger partial charge in [-0.3, -0.25) is 0 Å². The third-order valence-electron chi connectivity index (χ3n) is 2.90. The van der Waals surface area contributed by atoms with E-state index in [2.05, 4.69) is 14.2 Å². The topological polar surface area (TPSA) is 139 Å². The van der Waals surface area contributed by atoms with Gasteiger partial charge in [-0.2, -0.15) is 8.42 Å². The number of hydrogen-bond donors (Lipinski definition) is 0. The third kappa shape index (κ3) is 6.51. The molecule has 0 aliphatic heterocycles. The van der Waals surface area contributed by atoms with Gasteiger partial charge in [0.05, 0.1) is 19.3 Å². The van der Waals surface area contributed by atoms with Crippen LogP contribution in [0.3, 0.4) is 0 Å². The Morgan fingerprint density at radius 2 is 1.85 bits per heavy atom. The Morgan fingerprint density at radius 3 is 2.37 bits per heavy atom. The van der Waals surface area contributed by atoms with Gasteiger partial charge in [0.25, 0.3) is 0 Å². The van der Waals surface area contributed by atoms with Crippen LogP contribution >= 0.6 is 0 Å². The monoisotopic (exact) mass is 398 g/mol. The summed E-state index contributed by atoms with van der Waals surface area (Å²) in [7, 11) is -0.216. The number of methoxy groups -OCH3 is 1. The Hall–Kier alpha value is -3.28. The number of aromatic nitrogens is 3. The van der Waals surface area contributed by atoms with Gasteiger partial charge in [-0.15, -0.1) is 9.78 Å². The Labute approximate surface area is 155 Å². The molecule has 11 nitrogen and oxygen atoms in total. The van der Waals surface area contributed by atoms with Crippen LogP contribution in [-0.2, 0) is 22.3 Å². The predicted octanol–water partition coefficient (Wildman–Crippen LogP) is 0.875. The van der Waals surface area contributed by atoms with Gasteiger partial charge in [0.1, 0.15) is 0 Å². The number of carbonyl (C=O) groups excluding carboxylic acids is 2. The van der Waals surface area contributed by atoms with Crippen molar-refractivity contribution in [2.45, 2.75) is 13.3 Å². The van der Waals surface area contributed by atoms with Crippen LogP contribution in [0.25, 0.3) is 0 Å². The molecule has 12 heteroatoms. The van der Waals surface area contributed by atoms with E-state index in [1.54, 1.807) is 24.3 Å². The van der Waals surface area contributed by atoms with Gasteiger partial charge >= 0.3 is 34.2 Å². The lowest BCUT2D eigenvalue weighted by Gasteiger charge is -1.99. The van der Waals surface area contributed by atoms with Gasteiger partial charge in [0, 0.05) is 7.05 Å². The minimum atomic E-state index is -2.93. The molecule has 146 valence electrons. The molecule has 0 spiro atoms. The van der Waals surface area contributed by atoms with E-state index in [-0.39, 0.29) is 12.0 Å². The second kappa shape index (κ2) is 10.7. The first-order valence-corrected chi connectivity index (χ1v) is 8.62. The molecule has 0 unspecified atom stereocenters. The van der Waals surface area contributed by atoms with Crippen LogP contribution in [0.2, 0.25) is 0 Å². The number of amides is 1. The molecule has 0 aliphatic rings. The van der Waals surface area contributed by atoms with Gasteiger partial charge in [0.2, 0.25) is 0 Å². The highest BCUT2D eigenvalue weighted by atomic mass is 32.2.